The molecule has 0 aliphatic rings. The molecule has 1 heterocycles. The fourth-order valence-electron chi connectivity index (χ4n) is 2.28. The van der Waals surface area contributed by atoms with Gasteiger partial charge < -0.3 is 5.32 Å². The van der Waals surface area contributed by atoms with Crippen molar-refractivity contribution >= 4 is 16.9 Å². The zero-order chi connectivity index (χ0) is 14.8. The molecule has 0 aliphatic carbocycles. The first-order valence-corrected chi connectivity index (χ1v) is 6.98. The van der Waals surface area contributed by atoms with Crippen LogP contribution in [-0.2, 0) is 0 Å². The largest absolute Gasteiger partial charge is 0.350 e. The van der Waals surface area contributed by atoms with Crippen molar-refractivity contribution in [2.24, 2.45) is 0 Å². The van der Waals surface area contributed by atoms with E-state index in [1.165, 1.54) is 0 Å². The fourth-order valence-corrected chi connectivity index (χ4v) is 2.28. The van der Waals surface area contributed by atoms with Gasteiger partial charge in [-0.05, 0) is 50.2 Å². The van der Waals surface area contributed by atoms with Gasteiger partial charge in [0.25, 0.3) is 5.91 Å². The first-order chi connectivity index (χ1) is 10.1. The van der Waals surface area contributed by atoms with Crippen molar-refractivity contribution in [3.05, 3.63) is 60.4 Å². The molecule has 0 fully saturated rings. The number of amides is 1. The second kappa shape index (κ2) is 5.40. The molecule has 106 valence electrons. The lowest BCUT2D eigenvalue weighted by molar-refractivity contribution is 0.0943. The van der Waals surface area contributed by atoms with Crippen molar-refractivity contribution in [1.82, 2.24) is 14.9 Å². The Balaban J connectivity index is 1.92. The number of nitrogens with zero attached hydrogens (tertiary/aromatic N) is 2. The molecule has 0 unspecified atom stereocenters. The molecule has 21 heavy (non-hydrogen) atoms. The predicted octanol–water partition coefficient (Wildman–Crippen LogP) is 3.16. The third-order valence-electron chi connectivity index (χ3n) is 3.28. The number of hydrogen-bond acceptors (Lipinski definition) is 2. The summed E-state index contributed by atoms with van der Waals surface area (Å²) in [7, 11) is 0. The molecule has 2 aromatic carbocycles. The van der Waals surface area contributed by atoms with Crippen LogP contribution in [-0.4, -0.2) is 21.5 Å². The number of carbonyl (C=O) groups excluding carboxylic acids is 1. The zero-order valence-electron chi connectivity index (χ0n) is 12.1. The minimum absolute atomic E-state index is 0.0490. The van der Waals surface area contributed by atoms with E-state index in [1.807, 2.05) is 66.9 Å². The van der Waals surface area contributed by atoms with E-state index in [2.05, 4.69) is 10.3 Å². The van der Waals surface area contributed by atoms with Gasteiger partial charge in [0, 0.05) is 17.3 Å². The summed E-state index contributed by atoms with van der Waals surface area (Å²) in [6.45, 7) is 3.90. The Bertz CT molecular complexity index is 772. The number of carbonyl (C=O) groups is 1. The average Bonchev–Trinajstić information content (AvgIpc) is 2.90. The number of nitrogens with one attached hydrogen (secondary N) is 1. The van der Waals surface area contributed by atoms with Gasteiger partial charge in [-0.15, -0.1) is 0 Å². The van der Waals surface area contributed by atoms with Gasteiger partial charge in [-0.3, -0.25) is 9.36 Å². The Labute approximate surface area is 123 Å². The Hall–Kier alpha value is -2.62. The number of aromatic nitrogens is 2. The van der Waals surface area contributed by atoms with Crippen LogP contribution in [0.3, 0.4) is 0 Å². The van der Waals surface area contributed by atoms with Crippen LogP contribution < -0.4 is 5.32 Å². The Morgan fingerprint density at radius 3 is 2.52 bits per heavy atom. The monoisotopic (exact) mass is 279 g/mol. The topological polar surface area (TPSA) is 46.9 Å². The second-order valence-electron chi connectivity index (χ2n) is 5.28. The van der Waals surface area contributed by atoms with Crippen LogP contribution in [0.25, 0.3) is 16.7 Å². The number of hydrogen-bond donors (Lipinski definition) is 1. The molecule has 1 N–H and O–H groups in total. The first kappa shape index (κ1) is 13.4. The summed E-state index contributed by atoms with van der Waals surface area (Å²) >= 11 is 0. The van der Waals surface area contributed by atoms with E-state index in [1.54, 1.807) is 6.33 Å². The molecule has 0 atom stereocenters. The summed E-state index contributed by atoms with van der Waals surface area (Å²) in [4.78, 5) is 16.3. The molecule has 0 saturated carbocycles. The van der Waals surface area contributed by atoms with Gasteiger partial charge >= 0.3 is 0 Å². The molecule has 0 bridgehead atoms. The van der Waals surface area contributed by atoms with Crippen molar-refractivity contribution < 1.29 is 4.79 Å². The molecule has 3 aromatic rings. The second-order valence-corrected chi connectivity index (χ2v) is 5.28. The van der Waals surface area contributed by atoms with Gasteiger partial charge in [0.15, 0.2) is 0 Å². The van der Waals surface area contributed by atoms with E-state index < -0.39 is 0 Å². The number of fused-ring (bicyclic) bond motifs is 1. The third kappa shape index (κ3) is 2.65. The van der Waals surface area contributed by atoms with Gasteiger partial charge in [0.1, 0.15) is 6.33 Å². The molecule has 1 aromatic heterocycles. The lowest BCUT2D eigenvalue weighted by Crippen LogP contribution is -2.29. The quantitative estimate of drug-likeness (QED) is 0.800. The summed E-state index contributed by atoms with van der Waals surface area (Å²) in [6, 6.07) is 15.6. The van der Waals surface area contributed by atoms with Crippen molar-refractivity contribution in [1.29, 1.82) is 0 Å². The zero-order valence-corrected chi connectivity index (χ0v) is 12.1. The minimum Gasteiger partial charge on any atom is -0.350 e. The molecule has 0 radical (unpaired) electrons. The summed E-state index contributed by atoms with van der Waals surface area (Å²) in [5.41, 5.74) is 3.66. The highest BCUT2D eigenvalue weighted by Crippen LogP contribution is 2.18. The number of para-hydroxylation sites is 2. The van der Waals surface area contributed by atoms with Crippen LogP contribution >= 0.6 is 0 Å². The molecule has 4 nitrogen and oxygen atoms in total. The molecular formula is C17H17N3O. The number of rotatable bonds is 3. The van der Waals surface area contributed by atoms with Crippen molar-refractivity contribution in [3.8, 4) is 5.69 Å². The van der Waals surface area contributed by atoms with E-state index in [9.17, 15) is 4.79 Å². The summed E-state index contributed by atoms with van der Waals surface area (Å²) in [6.07, 6.45) is 1.80. The smallest absolute Gasteiger partial charge is 0.251 e. The molecule has 0 saturated heterocycles. The van der Waals surface area contributed by atoms with Gasteiger partial charge in [0.2, 0.25) is 0 Å². The van der Waals surface area contributed by atoms with E-state index in [-0.39, 0.29) is 11.9 Å². The maximum atomic E-state index is 11.9. The van der Waals surface area contributed by atoms with Crippen LogP contribution in [0.2, 0.25) is 0 Å². The number of benzene rings is 2. The summed E-state index contributed by atoms with van der Waals surface area (Å²) in [5, 5.41) is 2.88. The first-order valence-electron chi connectivity index (χ1n) is 6.98. The Morgan fingerprint density at radius 2 is 1.81 bits per heavy atom. The maximum absolute atomic E-state index is 11.9. The maximum Gasteiger partial charge on any atom is 0.251 e. The molecule has 1 amide bonds. The fraction of sp³-hybridized carbons (Fsp3) is 0.176. The van der Waals surface area contributed by atoms with Crippen LogP contribution in [0, 0.1) is 0 Å². The lowest BCUT2D eigenvalue weighted by atomic mass is 10.2. The predicted molar refractivity (Wildman–Crippen MR) is 83.7 cm³/mol. The van der Waals surface area contributed by atoms with Gasteiger partial charge in [-0.2, -0.15) is 0 Å². The van der Waals surface area contributed by atoms with E-state index >= 15 is 0 Å². The van der Waals surface area contributed by atoms with Gasteiger partial charge in [-0.1, -0.05) is 12.1 Å². The van der Waals surface area contributed by atoms with Crippen molar-refractivity contribution in [2.45, 2.75) is 19.9 Å². The molecule has 0 aliphatic heterocycles. The summed E-state index contributed by atoms with van der Waals surface area (Å²) < 4.78 is 2.01. The normalized spacial score (nSPS) is 11.0. The summed E-state index contributed by atoms with van der Waals surface area (Å²) in [5.74, 6) is -0.0490. The van der Waals surface area contributed by atoms with Crippen LogP contribution in [0.1, 0.15) is 24.2 Å². The molecule has 3 rings (SSSR count). The Morgan fingerprint density at radius 1 is 1.10 bits per heavy atom. The average molecular weight is 279 g/mol. The van der Waals surface area contributed by atoms with Gasteiger partial charge in [0.05, 0.1) is 11.0 Å². The SMILES string of the molecule is CC(C)NC(=O)c1ccc(-n2cnc3ccccc32)cc1. The van der Waals surface area contributed by atoms with E-state index in [0.29, 0.717) is 5.56 Å². The van der Waals surface area contributed by atoms with E-state index in [0.717, 1.165) is 16.7 Å². The van der Waals surface area contributed by atoms with E-state index in [4.69, 9.17) is 0 Å². The third-order valence-corrected chi connectivity index (χ3v) is 3.28. The highest BCUT2D eigenvalue weighted by molar-refractivity contribution is 5.94. The number of imidazole rings is 1. The lowest BCUT2D eigenvalue weighted by Gasteiger charge is -2.09. The van der Waals surface area contributed by atoms with Crippen LogP contribution in [0.5, 0.6) is 0 Å². The van der Waals surface area contributed by atoms with Crippen LogP contribution in [0.4, 0.5) is 0 Å². The van der Waals surface area contributed by atoms with Crippen molar-refractivity contribution in [2.75, 3.05) is 0 Å². The Kier molecular flexibility index (Phi) is 3.44. The molecule has 0 spiro atoms. The highest BCUT2D eigenvalue weighted by Gasteiger charge is 2.08. The molecular weight excluding hydrogens is 262 g/mol. The highest BCUT2D eigenvalue weighted by atomic mass is 16.1. The van der Waals surface area contributed by atoms with Crippen molar-refractivity contribution in [3.63, 3.8) is 0 Å². The minimum atomic E-state index is -0.0490. The van der Waals surface area contributed by atoms with Crippen LogP contribution in [0.15, 0.2) is 54.9 Å². The molecule has 4 heteroatoms. The van der Waals surface area contributed by atoms with Gasteiger partial charge in [-0.25, -0.2) is 4.98 Å². The standard InChI is InChI=1S/C17H17N3O/c1-12(2)19-17(21)13-7-9-14(10-8-13)20-11-18-15-5-3-4-6-16(15)20/h3-12H,1-2H3,(H,19,21).